The molecule has 20 rings (SSSR count). The molecule has 122 heavy (non-hydrogen) atoms. The summed E-state index contributed by atoms with van der Waals surface area (Å²) >= 11 is 0. The second kappa shape index (κ2) is 30.5. The van der Waals surface area contributed by atoms with Gasteiger partial charge in [0.05, 0.1) is 57.4 Å². The van der Waals surface area contributed by atoms with Crippen LogP contribution in [0.3, 0.4) is 0 Å². The Morgan fingerprint density at radius 2 is 0.557 bits per heavy atom. The van der Waals surface area contributed by atoms with E-state index in [2.05, 4.69) is 419 Å². The Bertz CT molecular complexity index is 6920. The van der Waals surface area contributed by atoms with E-state index in [0.717, 1.165) is 133 Å². The van der Waals surface area contributed by atoms with Gasteiger partial charge in [-0.15, -0.1) is 0 Å². The summed E-state index contributed by atoms with van der Waals surface area (Å²) < 4.78 is 14.6. The first-order valence-electron chi connectivity index (χ1n) is 42.4. The van der Waals surface area contributed by atoms with Gasteiger partial charge in [-0.3, -0.25) is 0 Å². The van der Waals surface area contributed by atoms with Gasteiger partial charge in [0.1, 0.15) is 11.2 Å². The number of benzene rings is 18. The Hall–Kier alpha value is -14.4. The molecular formula is C114H90N4O2Si2. The molecule has 0 aliphatic rings. The van der Waals surface area contributed by atoms with E-state index in [1.165, 1.54) is 86.0 Å². The van der Waals surface area contributed by atoms with Gasteiger partial charge < -0.3 is 18.6 Å². The van der Waals surface area contributed by atoms with Crippen LogP contribution in [0.4, 0.5) is 34.1 Å². The molecule has 0 spiro atoms. The summed E-state index contributed by atoms with van der Waals surface area (Å²) in [4.78, 5) is 4.92. The van der Waals surface area contributed by atoms with Gasteiger partial charge in [0.25, 0.3) is 0 Å². The molecular weight excluding hydrogens is 1510 g/mol. The minimum absolute atomic E-state index is 0.0377. The summed E-state index contributed by atoms with van der Waals surface area (Å²) in [5.41, 5.74) is 22.9. The maximum Gasteiger partial charge on any atom is 0.179 e. The van der Waals surface area contributed by atoms with Crippen molar-refractivity contribution in [1.29, 1.82) is 10.5 Å². The predicted molar refractivity (Wildman–Crippen MR) is 518 cm³/mol. The molecule has 0 aliphatic heterocycles. The van der Waals surface area contributed by atoms with Gasteiger partial charge in [0.2, 0.25) is 0 Å². The van der Waals surface area contributed by atoms with E-state index in [-0.39, 0.29) is 11.8 Å². The van der Waals surface area contributed by atoms with Crippen molar-refractivity contribution < 1.29 is 8.83 Å². The van der Waals surface area contributed by atoms with Gasteiger partial charge in [0.15, 0.2) is 27.3 Å². The van der Waals surface area contributed by atoms with Crippen LogP contribution >= 0.6 is 0 Å². The van der Waals surface area contributed by atoms with Gasteiger partial charge in [0, 0.05) is 43.4 Å². The highest BCUT2D eigenvalue weighted by Crippen LogP contribution is 2.55. The summed E-state index contributed by atoms with van der Waals surface area (Å²) in [5.74, 6) is 0.0754. The van der Waals surface area contributed by atoms with Crippen LogP contribution in [0.25, 0.3) is 98.4 Å². The Morgan fingerprint density at radius 3 is 0.877 bits per heavy atom. The average Bonchev–Trinajstić information content (AvgIpc) is 0.850. The largest absolute Gasteiger partial charge is 0.454 e. The van der Waals surface area contributed by atoms with Crippen molar-refractivity contribution in [1.82, 2.24) is 0 Å². The number of aryl methyl sites for hydroxylation is 6. The predicted octanol–water partition coefficient (Wildman–Crippen LogP) is 25.3. The SMILES string of the molecule is Cc1ccc([Si](c2ccc(C)cc2)(c2ccc(C)cc2)c2cccc(-c3cc(C#N)ccc3N(c3cc(C(C)C)c4ccc5c(N(c6ccc(C#N)cc6-c6cccc([Si](c7ccc(C)cc7)(c7ccc(C)cc7)c7ccc(C)cc7)c6)c6cccc7c6oc6ccccc67)cc(C(C)C)c6ccc3c4c65)c3cccc4c3oc3ccccc34)c2)cc1. The van der Waals surface area contributed by atoms with Crippen molar-refractivity contribution in [3.8, 4) is 34.4 Å². The zero-order valence-electron chi connectivity index (χ0n) is 70.2. The summed E-state index contributed by atoms with van der Waals surface area (Å²) in [6.45, 7) is 22.3. The molecule has 6 nitrogen and oxygen atoms in total. The Kier molecular flexibility index (Phi) is 19.0. The van der Waals surface area contributed by atoms with Gasteiger partial charge in [-0.25, -0.2) is 0 Å². The summed E-state index contributed by atoms with van der Waals surface area (Å²) in [6, 6.07) is 136. The smallest absolute Gasteiger partial charge is 0.179 e. The number of rotatable bonds is 18. The molecule has 0 unspecified atom stereocenters. The van der Waals surface area contributed by atoms with Crippen LogP contribution in [0.5, 0.6) is 0 Å². The number of fused-ring (bicyclic) bond motifs is 6. The van der Waals surface area contributed by atoms with E-state index in [1.807, 2.05) is 24.3 Å². The standard InChI is InChI=1S/C114H90N4O2Si2/c1-71(2)99-67-107(117(105-27-17-25-95-91-23-11-13-29-109(91)119-113(95)105)103-61-43-79(69-115)63-101(103)81-19-15-21-89(65-81)121(83-45-31-73(5)32-46-83,84-47-33-74(6)34-48-84)85-49-35-75(7)36-50-85)97-60-58-94-100(72(3)4)68-108(98-59-57-93(99)111(97)112(94)98)118(106-28-18-26-96-92-24-12-14-30-110(92)120-114(96)106)104-62-44-80(70-116)64-102(104)82-20-16-22-90(66-82)122(86-51-37-76(8)38-52-86,87-53-39-77(9)40-54-87)88-55-41-78(10)42-56-88/h11-68,71-72H,1-10H3. The molecule has 2 heterocycles. The Labute approximate surface area is 715 Å². The van der Waals surface area contributed by atoms with E-state index >= 15 is 0 Å². The lowest BCUT2D eigenvalue weighted by Crippen LogP contribution is -2.74. The molecule has 0 bridgehead atoms. The first-order valence-corrected chi connectivity index (χ1v) is 46.4. The fourth-order valence-corrected chi connectivity index (χ4v) is 29.1. The number of hydrogen-bond donors (Lipinski definition) is 0. The first kappa shape index (κ1) is 76.3. The van der Waals surface area contributed by atoms with Crippen molar-refractivity contribution in [3.63, 3.8) is 0 Å². The Balaban J connectivity index is 0.873. The maximum atomic E-state index is 11.3. The van der Waals surface area contributed by atoms with E-state index in [9.17, 15) is 10.5 Å². The van der Waals surface area contributed by atoms with Gasteiger partial charge in [-0.2, -0.15) is 10.5 Å². The second-order valence-corrected chi connectivity index (χ2v) is 41.7. The molecule has 18 aromatic carbocycles. The van der Waals surface area contributed by atoms with Crippen LogP contribution in [0.15, 0.2) is 361 Å². The third-order valence-corrected chi connectivity index (χ3v) is 35.3. The summed E-state index contributed by atoms with van der Waals surface area (Å²) in [5, 5.41) is 43.5. The number of nitriles is 2. The molecule has 0 saturated heterocycles. The van der Waals surface area contributed by atoms with E-state index in [0.29, 0.717) is 11.1 Å². The fourth-order valence-electron chi connectivity index (χ4n) is 19.7. The van der Waals surface area contributed by atoms with Crippen molar-refractivity contribution in [2.75, 3.05) is 9.80 Å². The van der Waals surface area contributed by atoms with Crippen molar-refractivity contribution in [3.05, 3.63) is 407 Å². The first-order chi connectivity index (χ1) is 59.5. The van der Waals surface area contributed by atoms with Crippen molar-refractivity contribution in [2.24, 2.45) is 0 Å². The number of hydrogen-bond acceptors (Lipinski definition) is 6. The maximum absolute atomic E-state index is 11.3. The van der Waals surface area contributed by atoms with Crippen LogP contribution in [0.1, 0.15) is 95.2 Å². The van der Waals surface area contributed by atoms with Gasteiger partial charge in [-0.1, -0.05) is 340 Å². The lowest BCUT2D eigenvalue weighted by Gasteiger charge is -2.35. The molecule has 0 atom stereocenters. The van der Waals surface area contributed by atoms with Crippen LogP contribution in [0.2, 0.25) is 0 Å². The lowest BCUT2D eigenvalue weighted by molar-refractivity contribution is 0.669. The molecule has 586 valence electrons. The molecule has 0 saturated carbocycles. The molecule has 2 aromatic heterocycles. The monoisotopic (exact) mass is 1600 g/mol. The summed E-state index contributed by atoms with van der Waals surface area (Å²) in [7, 11) is -6.31. The number of anilines is 6. The highest BCUT2D eigenvalue weighted by molar-refractivity contribution is 7.20. The van der Waals surface area contributed by atoms with Crippen molar-refractivity contribution in [2.45, 2.75) is 81.1 Å². The Morgan fingerprint density at radius 1 is 0.254 bits per heavy atom. The quantitative estimate of drug-likeness (QED) is 0.0484. The van der Waals surface area contributed by atoms with Crippen LogP contribution in [0, 0.1) is 64.2 Å². The molecule has 8 heteroatoms. The zero-order valence-corrected chi connectivity index (χ0v) is 72.2. The van der Waals surface area contributed by atoms with Crippen LogP contribution in [-0.2, 0) is 0 Å². The molecule has 0 radical (unpaired) electrons. The normalized spacial score (nSPS) is 12.0. The minimum atomic E-state index is -3.16. The lowest BCUT2D eigenvalue weighted by atomic mass is 9.83. The molecule has 20 aromatic rings. The number of furan rings is 2. The number of para-hydroxylation sites is 4. The average molecular weight is 1600 g/mol. The second-order valence-electron chi connectivity index (χ2n) is 34.1. The zero-order chi connectivity index (χ0) is 83.4. The molecule has 0 N–H and O–H groups in total. The molecule has 0 aliphatic carbocycles. The van der Waals surface area contributed by atoms with E-state index in [4.69, 9.17) is 8.83 Å². The van der Waals surface area contributed by atoms with E-state index in [1.54, 1.807) is 0 Å². The third-order valence-electron chi connectivity index (χ3n) is 25.7. The summed E-state index contributed by atoms with van der Waals surface area (Å²) in [6.07, 6.45) is 0. The topological polar surface area (TPSA) is 80.3 Å². The van der Waals surface area contributed by atoms with E-state index < -0.39 is 16.1 Å². The number of nitrogens with zero attached hydrogens (tertiary/aromatic N) is 4. The van der Waals surface area contributed by atoms with Gasteiger partial charge >= 0.3 is 0 Å². The van der Waals surface area contributed by atoms with Crippen molar-refractivity contribution >= 4 is 168 Å². The van der Waals surface area contributed by atoms with Crippen LogP contribution < -0.4 is 51.3 Å². The minimum Gasteiger partial charge on any atom is -0.454 e. The molecule has 0 fully saturated rings. The molecule has 0 amide bonds. The third kappa shape index (κ3) is 12.5. The highest BCUT2D eigenvalue weighted by atomic mass is 28.3. The fraction of sp³-hybridized carbons (Fsp3) is 0.105. The van der Waals surface area contributed by atoms with Gasteiger partial charge in [-0.05, 0) is 211 Å². The van der Waals surface area contributed by atoms with Crippen LogP contribution in [-0.4, -0.2) is 16.1 Å². The highest BCUT2D eigenvalue weighted by Gasteiger charge is 2.44.